The average Bonchev–Trinajstić information content (AvgIpc) is 2.80. The van der Waals surface area contributed by atoms with Gasteiger partial charge in [0.25, 0.3) is 0 Å². The Kier molecular flexibility index (Phi) is 3.83. The summed E-state index contributed by atoms with van der Waals surface area (Å²) in [7, 11) is 0. The normalized spacial score (nSPS) is 14.4. The summed E-state index contributed by atoms with van der Waals surface area (Å²) in [6.45, 7) is 1.70. The van der Waals surface area contributed by atoms with Gasteiger partial charge >= 0.3 is 0 Å². The van der Waals surface area contributed by atoms with E-state index in [2.05, 4.69) is 10.1 Å². The molecule has 2 atom stereocenters. The fourth-order valence-electron chi connectivity index (χ4n) is 1.60. The monoisotopic (exact) mass is 269 g/mol. The first-order chi connectivity index (χ1) is 8.58. The molecule has 0 amide bonds. The summed E-state index contributed by atoms with van der Waals surface area (Å²) in [5.74, 6) is -0.464. The second-order valence-corrected chi connectivity index (χ2v) is 4.64. The van der Waals surface area contributed by atoms with Gasteiger partial charge in [0, 0.05) is 24.7 Å². The minimum atomic E-state index is -1.42. The third-order valence-electron chi connectivity index (χ3n) is 2.28. The van der Waals surface area contributed by atoms with Crippen molar-refractivity contribution >= 4 is 11.1 Å². The van der Waals surface area contributed by atoms with Crippen LogP contribution in [0.15, 0.2) is 30.7 Å². The number of rotatable bonds is 4. The molecule has 5 nitrogen and oxygen atoms in total. The average molecular weight is 269 g/mol. The molecule has 0 aromatic carbocycles. The maximum absolute atomic E-state index is 13.3. The molecule has 0 saturated carbocycles. The van der Waals surface area contributed by atoms with E-state index in [1.807, 2.05) is 0 Å². The molecular weight excluding hydrogens is 257 g/mol. The van der Waals surface area contributed by atoms with E-state index >= 15 is 0 Å². The van der Waals surface area contributed by atoms with Crippen LogP contribution in [-0.2, 0) is 15.3 Å². The van der Waals surface area contributed by atoms with Gasteiger partial charge in [-0.1, -0.05) is 0 Å². The van der Waals surface area contributed by atoms with Crippen molar-refractivity contribution in [3.05, 3.63) is 42.2 Å². The molecule has 0 saturated heterocycles. The molecule has 0 radical (unpaired) electrons. The number of hydrogen-bond acceptors (Lipinski definition) is 4. The van der Waals surface area contributed by atoms with E-state index in [4.69, 9.17) is 4.18 Å². The number of hydrogen-bond donors (Lipinski definition) is 0. The van der Waals surface area contributed by atoms with Gasteiger partial charge in [-0.3, -0.25) is 9.17 Å². The number of aromatic nitrogens is 3. The topological polar surface area (TPSA) is 57.0 Å². The summed E-state index contributed by atoms with van der Waals surface area (Å²) in [5, 5.41) is 4.03. The summed E-state index contributed by atoms with van der Waals surface area (Å²) >= 11 is -1.42. The predicted octanol–water partition coefficient (Wildman–Crippen LogP) is 1.78. The zero-order chi connectivity index (χ0) is 13.1. The van der Waals surface area contributed by atoms with Gasteiger partial charge in [0.15, 0.2) is 11.1 Å². The molecular formula is C11H12FN3O2S. The molecule has 0 N–H and O–H groups in total. The third-order valence-corrected chi connectivity index (χ3v) is 2.84. The lowest BCUT2D eigenvalue weighted by molar-refractivity contribution is 0.249. The molecule has 96 valence electrons. The Morgan fingerprint density at radius 1 is 1.56 bits per heavy atom. The Morgan fingerprint density at radius 2 is 2.33 bits per heavy atom. The fraction of sp³-hybridized carbons (Fsp3) is 0.273. The highest BCUT2D eigenvalue weighted by Gasteiger charge is 2.17. The van der Waals surface area contributed by atoms with Gasteiger partial charge in [-0.15, -0.1) is 0 Å². The lowest BCUT2D eigenvalue weighted by Gasteiger charge is -2.14. The highest BCUT2D eigenvalue weighted by Crippen LogP contribution is 2.23. The largest absolute Gasteiger partial charge is 0.281 e. The zero-order valence-electron chi connectivity index (χ0n) is 9.91. The summed E-state index contributed by atoms with van der Waals surface area (Å²) in [5.41, 5.74) is 0.952. The predicted molar refractivity (Wildman–Crippen MR) is 64.9 cm³/mol. The van der Waals surface area contributed by atoms with Crippen LogP contribution in [0.2, 0.25) is 0 Å². The van der Waals surface area contributed by atoms with Crippen molar-refractivity contribution in [2.24, 2.45) is 0 Å². The van der Waals surface area contributed by atoms with Crippen molar-refractivity contribution < 1.29 is 12.8 Å². The van der Waals surface area contributed by atoms with Crippen LogP contribution >= 0.6 is 0 Å². The molecule has 7 heteroatoms. The van der Waals surface area contributed by atoms with Crippen LogP contribution in [0.25, 0.3) is 5.69 Å². The summed E-state index contributed by atoms with van der Waals surface area (Å²) < 4.78 is 31.0. The van der Waals surface area contributed by atoms with Crippen molar-refractivity contribution in [3.63, 3.8) is 0 Å². The Bertz CT molecular complexity index is 559. The van der Waals surface area contributed by atoms with Gasteiger partial charge in [0.1, 0.15) is 11.9 Å². The molecule has 18 heavy (non-hydrogen) atoms. The lowest BCUT2D eigenvalue weighted by atomic mass is 10.2. The van der Waals surface area contributed by atoms with Crippen LogP contribution in [0.3, 0.4) is 0 Å². The van der Waals surface area contributed by atoms with Crippen molar-refractivity contribution in [2.75, 3.05) is 6.26 Å². The first-order valence-corrected chi connectivity index (χ1v) is 6.72. The maximum Gasteiger partial charge on any atom is 0.152 e. The smallest absolute Gasteiger partial charge is 0.152 e. The Labute approximate surface area is 106 Å². The quantitative estimate of drug-likeness (QED) is 0.849. The molecule has 0 aliphatic heterocycles. The van der Waals surface area contributed by atoms with E-state index in [1.165, 1.54) is 17.0 Å². The summed E-state index contributed by atoms with van der Waals surface area (Å²) in [6, 6.07) is 3.03. The molecule has 0 aliphatic rings. The van der Waals surface area contributed by atoms with E-state index in [-0.39, 0.29) is 0 Å². The van der Waals surface area contributed by atoms with Crippen LogP contribution in [0.1, 0.15) is 18.7 Å². The third kappa shape index (κ3) is 2.80. The van der Waals surface area contributed by atoms with Crippen molar-refractivity contribution in [1.29, 1.82) is 0 Å². The minimum Gasteiger partial charge on any atom is -0.281 e. The molecule has 0 aliphatic carbocycles. The first-order valence-electron chi connectivity index (χ1n) is 5.24. The van der Waals surface area contributed by atoms with E-state index in [0.29, 0.717) is 11.4 Å². The molecule has 0 fully saturated rings. The van der Waals surface area contributed by atoms with Gasteiger partial charge in [-0.05, 0) is 13.0 Å². The first kappa shape index (κ1) is 12.8. The van der Waals surface area contributed by atoms with E-state index < -0.39 is 23.0 Å². The van der Waals surface area contributed by atoms with E-state index in [9.17, 15) is 8.60 Å². The van der Waals surface area contributed by atoms with Crippen molar-refractivity contribution in [2.45, 2.75) is 13.0 Å². The lowest BCUT2D eigenvalue weighted by Crippen LogP contribution is -2.10. The molecule has 2 aromatic heterocycles. The molecule has 0 spiro atoms. The second-order valence-electron chi connectivity index (χ2n) is 3.65. The van der Waals surface area contributed by atoms with Crippen LogP contribution in [0, 0.1) is 5.82 Å². The molecule has 2 unspecified atom stereocenters. The number of halogens is 1. The van der Waals surface area contributed by atoms with Gasteiger partial charge in [-0.2, -0.15) is 5.10 Å². The number of pyridine rings is 1. The Morgan fingerprint density at radius 3 is 2.94 bits per heavy atom. The van der Waals surface area contributed by atoms with Crippen molar-refractivity contribution in [1.82, 2.24) is 14.8 Å². The fourth-order valence-corrected chi connectivity index (χ4v) is 2.09. The van der Waals surface area contributed by atoms with Gasteiger partial charge in [0.05, 0.1) is 17.6 Å². The minimum absolute atomic E-state index is 0.464. The van der Waals surface area contributed by atoms with Gasteiger partial charge in [0.2, 0.25) is 0 Å². The SMILES string of the molecule is CC(OS(C)=O)c1ncc(F)cc1-n1cccn1. The van der Waals surface area contributed by atoms with Gasteiger partial charge < -0.3 is 0 Å². The molecule has 0 bridgehead atoms. The standard InChI is InChI=1S/C11H12FN3O2S/c1-8(17-18(2)16)11-10(6-9(12)7-13-11)15-5-3-4-14-15/h3-8H,1-2H3. The Hall–Kier alpha value is -1.60. The summed E-state index contributed by atoms with van der Waals surface area (Å²) in [6.07, 6.45) is 5.26. The van der Waals surface area contributed by atoms with Crippen LogP contribution < -0.4 is 0 Å². The Balaban J connectivity index is 2.44. The second kappa shape index (κ2) is 5.36. The van der Waals surface area contributed by atoms with E-state index in [0.717, 1.165) is 6.20 Å². The van der Waals surface area contributed by atoms with Crippen LogP contribution in [0.5, 0.6) is 0 Å². The highest BCUT2D eigenvalue weighted by molar-refractivity contribution is 7.79. The number of nitrogens with zero attached hydrogens (tertiary/aromatic N) is 3. The van der Waals surface area contributed by atoms with Crippen LogP contribution in [-0.4, -0.2) is 25.2 Å². The maximum atomic E-state index is 13.3. The molecule has 2 rings (SSSR count). The molecule has 2 heterocycles. The van der Waals surface area contributed by atoms with Crippen molar-refractivity contribution in [3.8, 4) is 5.69 Å². The summed E-state index contributed by atoms with van der Waals surface area (Å²) in [4.78, 5) is 3.99. The van der Waals surface area contributed by atoms with E-state index in [1.54, 1.807) is 25.4 Å². The van der Waals surface area contributed by atoms with Crippen LogP contribution in [0.4, 0.5) is 4.39 Å². The zero-order valence-corrected chi connectivity index (χ0v) is 10.7. The highest BCUT2D eigenvalue weighted by atomic mass is 32.2. The van der Waals surface area contributed by atoms with Gasteiger partial charge in [-0.25, -0.2) is 13.3 Å². The molecule has 2 aromatic rings.